The van der Waals surface area contributed by atoms with Crippen LogP contribution >= 0.6 is 0 Å². The molecule has 0 radical (unpaired) electrons. The second-order valence-corrected chi connectivity index (χ2v) is 11.5. The molecule has 0 saturated carbocycles. The van der Waals surface area contributed by atoms with Gasteiger partial charge in [0.1, 0.15) is 12.6 Å². The maximum absolute atomic E-state index is 13.4. The molecule has 0 aliphatic heterocycles. The van der Waals surface area contributed by atoms with Crippen molar-refractivity contribution in [2.75, 3.05) is 6.54 Å². The molecular weight excluding hydrogens is 578 g/mol. The van der Waals surface area contributed by atoms with Gasteiger partial charge in [-0.2, -0.15) is 0 Å². The Labute approximate surface area is 262 Å². The van der Waals surface area contributed by atoms with Crippen LogP contribution < -0.4 is 16.0 Å². The third kappa shape index (κ3) is 11.9. The van der Waals surface area contributed by atoms with Gasteiger partial charge in [-0.15, -0.1) is 0 Å². The first-order valence-electron chi connectivity index (χ1n) is 14.6. The summed E-state index contributed by atoms with van der Waals surface area (Å²) in [5, 5.41) is 28.8. The highest BCUT2D eigenvalue weighted by Crippen LogP contribution is 2.17. The molecule has 1 heterocycles. The van der Waals surface area contributed by atoms with Crippen LogP contribution in [-0.4, -0.2) is 74.4 Å². The number of benzene rings is 2. The summed E-state index contributed by atoms with van der Waals surface area (Å²) in [7, 11) is 0. The molecule has 240 valence electrons. The Morgan fingerprint density at radius 1 is 0.867 bits per heavy atom. The molecule has 0 bridgehead atoms. The fraction of sp³-hybridized carbons (Fsp3) is 0.364. The fourth-order valence-corrected chi connectivity index (χ4v) is 4.47. The molecule has 0 saturated heterocycles. The lowest BCUT2D eigenvalue weighted by Gasteiger charge is -2.39. The molecule has 2 aromatic carbocycles. The van der Waals surface area contributed by atoms with Crippen LogP contribution in [0.4, 0.5) is 9.59 Å². The number of carboxylic acid groups (broad SMARTS) is 1. The van der Waals surface area contributed by atoms with Gasteiger partial charge in [-0.25, -0.2) is 9.59 Å². The number of nitrogens with zero attached hydrogens (tertiary/aromatic N) is 2. The van der Waals surface area contributed by atoms with Crippen molar-refractivity contribution in [2.24, 2.45) is 0 Å². The number of alkyl carbamates (subject to hydrolysis) is 1. The topological polar surface area (TPSA) is 170 Å². The van der Waals surface area contributed by atoms with Crippen molar-refractivity contribution >= 4 is 24.0 Å². The molecule has 5 N–H and O–H groups in total. The van der Waals surface area contributed by atoms with Crippen molar-refractivity contribution in [2.45, 2.75) is 70.5 Å². The van der Waals surface area contributed by atoms with E-state index in [4.69, 9.17) is 4.74 Å². The number of rotatable bonds is 14. The van der Waals surface area contributed by atoms with Crippen molar-refractivity contribution in [3.63, 3.8) is 0 Å². The first kappa shape index (κ1) is 34.5. The Morgan fingerprint density at radius 3 is 2.04 bits per heavy atom. The van der Waals surface area contributed by atoms with E-state index in [1.807, 2.05) is 57.2 Å². The highest BCUT2D eigenvalue weighted by atomic mass is 16.5. The third-order valence-corrected chi connectivity index (χ3v) is 6.91. The molecule has 0 aliphatic carbocycles. The quantitative estimate of drug-likeness (QED) is 0.183. The molecule has 3 rings (SSSR count). The summed E-state index contributed by atoms with van der Waals surface area (Å²) in [6.07, 6.45) is 0.466. The van der Waals surface area contributed by atoms with Gasteiger partial charge in [-0.05, 0) is 56.0 Å². The number of carboxylic acids is 1. The van der Waals surface area contributed by atoms with Crippen molar-refractivity contribution in [1.29, 1.82) is 0 Å². The second-order valence-electron chi connectivity index (χ2n) is 11.5. The van der Waals surface area contributed by atoms with Crippen LogP contribution in [-0.2, 0) is 33.9 Å². The molecule has 0 aliphatic rings. The lowest BCUT2D eigenvalue weighted by Crippen LogP contribution is -2.59. The molecule has 0 spiro atoms. The first-order valence-corrected chi connectivity index (χ1v) is 14.6. The van der Waals surface area contributed by atoms with Crippen molar-refractivity contribution < 1.29 is 34.1 Å². The number of β-amino-alcohol motifs (C(OH)–C–C–N with tert-alkyl or cyclic N) is 1. The van der Waals surface area contributed by atoms with E-state index in [0.29, 0.717) is 5.56 Å². The number of carbonyl (C=O) groups is 4. The van der Waals surface area contributed by atoms with Gasteiger partial charge < -0.3 is 35.8 Å². The number of amides is 4. The zero-order valence-electron chi connectivity index (χ0n) is 25.7. The van der Waals surface area contributed by atoms with E-state index in [-0.39, 0.29) is 26.1 Å². The van der Waals surface area contributed by atoms with Gasteiger partial charge >= 0.3 is 18.1 Å². The highest BCUT2D eigenvalue weighted by molar-refractivity contribution is 5.89. The normalized spacial score (nSPS) is 13.1. The summed E-state index contributed by atoms with van der Waals surface area (Å²) in [5.74, 6) is -2.14. The molecule has 0 unspecified atom stereocenters. The molecule has 0 fully saturated rings. The van der Waals surface area contributed by atoms with Crippen LogP contribution in [0.1, 0.15) is 43.9 Å². The average Bonchev–Trinajstić information content (AvgIpc) is 3.01. The molecular formula is C33H41N5O7. The number of aromatic nitrogens is 1. The summed E-state index contributed by atoms with van der Waals surface area (Å²) in [4.78, 5) is 56.3. The Bertz CT molecular complexity index is 1380. The SMILES string of the molecule is CC(C)(C)N(C[C@@H](O)[C@H](Cc1ccccc1)NC(=O)[C@H](CC(=O)O)NC(=O)OCc1ccccc1)C(=O)NCc1ccncc1. The maximum Gasteiger partial charge on any atom is 0.408 e. The average molecular weight is 620 g/mol. The first-order chi connectivity index (χ1) is 21.4. The van der Waals surface area contributed by atoms with Crippen LogP contribution in [0.3, 0.4) is 0 Å². The molecule has 45 heavy (non-hydrogen) atoms. The number of urea groups is 1. The number of hydrogen-bond acceptors (Lipinski definition) is 7. The minimum Gasteiger partial charge on any atom is -0.481 e. The summed E-state index contributed by atoms with van der Waals surface area (Å²) in [5.41, 5.74) is 1.64. The van der Waals surface area contributed by atoms with Crippen LogP contribution in [0, 0.1) is 0 Å². The number of ether oxygens (including phenoxy) is 1. The predicted octanol–water partition coefficient (Wildman–Crippen LogP) is 3.25. The van der Waals surface area contributed by atoms with E-state index in [2.05, 4.69) is 20.9 Å². The largest absolute Gasteiger partial charge is 0.481 e. The van der Waals surface area contributed by atoms with Crippen LogP contribution in [0.5, 0.6) is 0 Å². The Hall–Kier alpha value is -4.97. The minimum atomic E-state index is -1.49. The molecule has 3 atom stereocenters. The van der Waals surface area contributed by atoms with Gasteiger partial charge in [-0.3, -0.25) is 14.6 Å². The van der Waals surface area contributed by atoms with Gasteiger partial charge in [0.15, 0.2) is 0 Å². The fourth-order valence-electron chi connectivity index (χ4n) is 4.47. The third-order valence-electron chi connectivity index (χ3n) is 6.91. The summed E-state index contributed by atoms with van der Waals surface area (Å²) in [6.45, 7) is 5.49. The van der Waals surface area contributed by atoms with Crippen molar-refractivity contribution in [3.05, 3.63) is 102 Å². The summed E-state index contributed by atoms with van der Waals surface area (Å²) >= 11 is 0. The van der Waals surface area contributed by atoms with E-state index < -0.39 is 54.1 Å². The lowest BCUT2D eigenvalue weighted by molar-refractivity contribution is -0.140. The Morgan fingerprint density at radius 2 is 1.47 bits per heavy atom. The van der Waals surface area contributed by atoms with Crippen LogP contribution in [0.2, 0.25) is 0 Å². The molecule has 12 heteroatoms. The number of carbonyl (C=O) groups excluding carboxylic acids is 3. The number of pyridine rings is 1. The van der Waals surface area contributed by atoms with Crippen molar-refractivity contribution in [1.82, 2.24) is 25.8 Å². The Kier molecular flexibility index (Phi) is 12.9. The molecule has 1 aromatic heterocycles. The van der Waals surface area contributed by atoms with E-state index in [1.54, 1.807) is 48.8 Å². The van der Waals surface area contributed by atoms with Gasteiger partial charge in [0.2, 0.25) is 5.91 Å². The van der Waals surface area contributed by atoms with Crippen LogP contribution in [0.25, 0.3) is 0 Å². The maximum atomic E-state index is 13.4. The monoisotopic (exact) mass is 619 g/mol. The summed E-state index contributed by atoms with van der Waals surface area (Å²) in [6, 6.07) is 18.7. The van der Waals surface area contributed by atoms with Crippen LogP contribution in [0.15, 0.2) is 85.2 Å². The van der Waals surface area contributed by atoms with Gasteiger partial charge in [0.25, 0.3) is 0 Å². The zero-order valence-corrected chi connectivity index (χ0v) is 25.7. The van der Waals surface area contributed by atoms with Crippen molar-refractivity contribution in [3.8, 4) is 0 Å². The molecule has 12 nitrogen and oxygen atoms in total. The smallest absolute Gasteiger partial charge is 0.408 e. The number of aliphatic carboxylic acids is 1. The standard InChI is InChI=1S/C33H41N5O7/c1-33(2,3)38(31(43)35-20-24-14-16-34-17-15-24)21-28(39)26(18-23-10-6-4-7-11-23)36-30(42)27(19-29(40)41)37-32(44)45-22-25-12-8-5-9-13-25/h4-17,26-28,39H,18-22H2,1-3H3,(H,35,43)(H,36,42)(H,37,44)(H,40,41)/t26-,27-,28+/m0/s1. The van der Waals surface area contributed by atoms with E-state index in [1.165, 1.54) is 4.90 Å². The highest BCUT2D eigenvalue weighted by Gasteiger charge is 2.34. The van der Waals surface area contributed by atoms with Gasteiger partial charge in [0.05, 0.1) is 25.1 Å². The van der Waals surface area contributed by atoms with E-state index in [0.717, 1.165) is 11.1 Å². The number of nitrogens with one attached hydrogen (secondary N) is 3. The number of hydrogen-bond donors (Lipinski definition) is 5. The lowest BCUT2D eigenvalue weighted by atomic mass is 9.98. The molecule has 4 amide bonds. The summed E-state index contributed by atoms with van der Waals surface area (Å²) < 4.78 is 5.18. The van der Waals surface area contributed by atoms with Gasteiger partial charge in [-0.1, -0.05) is 60.7 Å². The van der Waals surface area contributed by atoms with Gasteiger partial charge in [0, 0.05) is 24.5 Å². The van der Waals surface area contributed by atoms with E-state index in [9.17, 15) is 29.4 Å². The Balaban J connectivity index is 1.75. The zero-order chi connectivity index (χ0) is 32.8. The van der Waals surface area contributed by atoms with E-state index >= 15 is 0 Å². The second kappa shape index (κ2) is 16.8. The molecule has 3 aromatic rings. The number of aliphatic hydroxyl groups is 1. The number of aliphatic hydroxyl groups excluding tert-OH is 1. The predicted molar refractivity (Wildman–Crippen MR) is 167 cm³/mol. The minimum absolute atomic E-state index is 0.0741.